The summed E-state index contributed by atoms with van der Waals surface area (Å²) in [6.07, 6.45) is 0. The van der Waals surface area contributed by atoms with E-state index in [0.29, 0.717) is 5.92 Å². The third-order valence-corrected chi connectivity index (χ3v) is 3.19. The molecule has 0 aliphatic heterocycles. The Morgan fingerprint density at radius 2 is 1.89 bits per heavy atom. The molecular weight excluding hydrogens is 236 g/mol. The largest absolute Gasteiger partial charge is 0.388 e. The van der Waals surface area contributed by atoms with E-state index in [1.807, 2.05) is 37.1 Å². The van der Waals surface area contributed by atoms with E-state index in [4.69, 9.17) is 0 Å². The predicted octanol–water partition coefficient (Wildman–Crippen LogP) is 3.54. The Balaban J connectivity index is 2.99. The normalized spacial score (nSPS) is 10.9. The molecule has 0 saturated carbocycles. The molecule has 3 nitrogen and oxygen atoms in total. The van der Waals surface area contributed by atoms with Gasteiger partial charge < -0.3 is 10.2 Å². The first-order valence-corrected chi connectivity index (χ1v) is 6.96. The lowest BCUT2D eigenvalue weighted by molar-refractivity contribution is 0.0682. The zero-order valence-corrected chi connectivity index (χ0v) is 12.9. The van der Waals surface area contributed by atoms with E-state index in [-0.39, 0.29) is 11.9 Å². The van der Waals surface area contributed by atoms with Gasteiger partial charge in [-0.2, -0.15) is 0 Å². The summed E-state index contributed by atoms with van der Waals surface area (Å²) in [6.45, 7) is 11.2. The summed E-state index contributed by atoms with van der Waals surface area (Å²) in [5.74, 6) is 0.596. The number of benzene rings is 1. The quantitative estimate of drug-likeness (QED) is 0.880. The lowest BCUT2D eigenvalue weighted by Gasteiger charge is -2.28. The van der Waals surface area contributed by atoms with Gasteiger partial charge in [0.25, 0.3) is 5.91 Å². The molecule has 3 heteroatoms. The van der Waals surface area contributed by atoms with Gasteiger partial charge >= 0.3 is 0 Å². The molecule has 0 heterocycles. The summed E-state index contributed by atoms with van der Waals surface area (Å²) in [5, 5.41) is 3.12. The van der Waals surface area contributed by atoms with Gasteiger partial charge in [-0.05, 0) is 50.5 Å². The van der Waals surface area contributed by atoms with Gasteiger partial charge in [0, 0.05) is 30.9 Å². The fourth-order valence-electron chi connectivity index (χ4n) is 2.16. The number of carbonyl (C=O) groups excluding carboxylic acids is 1. The minimum atomic E-state index is 0.120. The highest BCUT2D eigenvalue weighted by molar-refractivity contribution is 5.95. The minimum absolute atomic E-state index is 0.120. The third kappa shape index (κ3) is 3.98. The summed E-state index contributed by atoms with van der Waals surface area (Å²) in [7, 11) is 1.89. The van der Waals surface area contributed by atoms with Crippen molar-refractivity contribution in [2.45, 2.75) is 40.7 Å². The molecule has 0 saturated heterocycles. The third-order valence-electron chi connectivity index (χ3n) is 3.19. The Morgan fingerprint density at radius 1 is 1.26 bits per heavy atom. The van der Waals surface area contributed by atoms with Crippen LogP contribution in [0.4, 0.5) is 5.69 Å². The Bertz CT molecular complexity index is 438. The molecule has 0 atom stereocenters. The van der Waals surface area contributed by atoms with Crippen molar-refractivity contribution < 1.29 is 4.79 Å². The Labute approximate surface area is 117 Å². The fourth-order valence-corrected chi connectivity index (χ4v) is 2.16. The minimum Gasteiger partial charge on any atom is -0.388 e. The van der Waals surface area contributed by atoms with Gasteiger partial charge in [-0.15, -0.1) is 0 Å². The molecule has 1 amide bonds. The summed E-state index contributed by atoms with van der Waals surface area (Å²) in [6, 6.07) is 6.05. The predicted molar refractivity (Wildman–Crippen MR) is 81.7 cm³/mol. The van der Waals surface area contributed by atoms with Gasteiger partial charge in [0.05, 0.1) is 0 Å². The second-order valence-electron chi connectivity index (χ2n) is 5.72. The molecule has 106 valence electrons. The molecule has 0 aliphatic carbocycles. The summed E-state index contributed by atoms with van der Waals surface area (Å²) in [4.78, 5) is 14.5. The second kappa shape index (κ2) is 6.60. The number of nitrogens with one attached hydrogen (secondary N) is 1. The van der Waals surface area contributed by atoms with Crippen LogP contribution >= 0.6 is 0 Å². The SMILES string of the molecule is CNc1ccc(C(=O)N(CC(C)C)C(C)C)cc1C. The van der Waals surface area contributed by atoms with Gasteiger partial charge in [0.2, 0.25) is 0 Å². The van der Waals surface area contributed by atoms with E-state index in [1.165, 1.54) is 0 Å². The van der Waals surface area contributed by atoms with Gasteiger partial charge in [0.1, 0.15) is 0 Å². The van der Waals surface area contributed by atoms with Crippen molar-refractivity contribution in [3.63, 3.8) is 0 Å². The summed E-state index contributed by atoms with van der Waals surface area (Å²) >= 11 is 0. The van der Waals surface area contributed by atoms with Crippen LogP contribution in [0.1, 0.15) is 43.6 Å². The first kappa shape index (κ1) is 15.5. The molecule has 0 bridgehead atoms. The standard InChI is InChI=1S/C16H26N2O/c1-11(2)10-18(12(3)4)16(19)14-7-8-15(17-6)13(5)9-14/h7-9,11-12,17H,10H2,1-6H3. The molecule has 19 heavy (non-hydrogen) atoms. The lowest BCUT2D eigenvalue weighted by Crippen LogP contribution is -2.39. The second-order valence-corrected chi connectivity index (χ2v) is 5.72. The number of anilines is 1. The smallest absolute Gasteiger partial charge is 0.254 e. The number of hydrogen-bond acceptors (Lipinski definition) is 2. The van der Waals surface area contributed by atoms with Crippen molar-refractivity contribution in [1.29, 1.82) is 0 Å². The highest BCUT2D eigenvalue weighted by atomic mass is 16.2. The average molecular weight is 262 g/mol. The highest BCUT2D eigenvalue weighted by Gasteiger charge is 2.20. The molecular formula is C16H26N2O. The number of carbonyl (C=O) groups is 1. The van der Waals surface area contributed by atoms with Crippen LogP contribution in [0.5, 0.6) is 0 Å². The van der Waals surface area contributed by atoms with Crippen LogP contribution in [-0.4, -0.2) is 30.4 Å². The van der Waals surface area contributed by atoms with Crippen LogP contribution in [0, 0.1) is 12.8 Å². The van der Waals surface area contributed by atoms with E-state index >= 15 is 0 Å². The zero-order valence-electron chi connectivity index (χ0n) is 12.9. The van der Waals surface area contributed by atoms with Crippen LogP contribution in [0.25, 0.3) is 0 Å². The van der Waals surface area contributed by atoms with Crippen molar-refractivity contribution in [1.82, 2.24) is 4.90 Å². The maximum absolute atomic E-state index is 12.6. The van der Waals surface area contributed by atoms with Gasteiger partial charge in [-0.1, -0.05) is 13.8 Å². The molecule has 0 aliphatic rings. The Hall–Kier alpha value is -1.51. The van der Waals surface area contributed by atoms with Gasteiger partial charge in [-0.3, -0.25) is 4.79 Å². The molecule has 0 spiro atoms. The topological polar surface area (TPSA) is 32.3 Å². The molecule has 1 N–H and O–H groups in total. The van der Waals surface area contributed by atoms with E-state index in [9.17, 15) is 4.79 Å². The first-order valence-electron chi connectivity index (χ1n) is 6.96. The number of aryl methyl sites for hydroxylation is 1. The Kier molecular flexibility index (Phi) is 5.40. The monoisotopic (exact) mass is 262 g/mol. The van der Waals surface area contributed by atoms with Gasteiger partial charge in [-0.25, -0.2) is 0 Å². The molecule has 1 aromatic rings. The van der Waals surface area contributed by atoms with Crippen molar-refractivity contribution in [3.8, 4) is 0 Å². The lowest BCUT2D eigenvalue weighted by atomic mass is 10.1. The van der Waals surface area contributed by atoms with E-state index in [0.717, 1.165) is 23.4 Å². The molecule has 1 rings (SSSR count). The number of nitrogens with zero attached hydrogens (tertiary/aromatic N) is 1. The van der Waals surface area contributed by atoms with Crippen molar-refractivity contribution in [3.05, 3.63) is 29.3 Å². The van der Waals surface area contributed by atoms with E-state index < -0.39 is 0 Å². The van der Waals surface area contributed by atoms with Crippen molar-refractivity contribution in [2.24, 2.45) is 5.92 Å². The van der Waals surface area contributed by atoms with Crippen molar-refractivity contribution in [2.75, 3.05) is 18.9 Å². The average Bonchev–Trinajstić information content (AvgIpc) is 2.34. The molecule has 0 aromatic heterocycles. The van der Waals surface area contributed by atoms with Crippen LogP contribution in [0.15, 0.2) is 18.2 Å². The van der Waals surface area contributed by atoms with Crippen LogP contribution < -0.4 is 5.32 Å². The zero-order chi connectivity index (χ0) is 14.6. The van der Waals surface area contributed by atoms with Crippen LogP contribution in [0.2, 0.25) is 0 Å². The maximum Gasteiger partial charge on any atom is 0.254 e. The molecule has 0 fully saturated rings. The molecule has 1 aromatic carbocycles. The number of hydrogen-bond donors (Lipinski definition) is 1. The van der Waals surface area contributed by atoms with Gasteiger partial charge in [0.15, 0.2) is 0 Å². The number of rotatable bonds is 5. The van der Waals surface area contributed by atoms with Crippen LogP contribution in [0.3, 0.4) is 0 Å². The fraction of sp³-hybridized carbons (Fsp3) is 0.562. The molecule has 0 unspecified atom stereocenters. The number of amides is 1. The van der Waals surface area contributed by atoms with Crippen LogP contribution in [-0.2, 0) is 0 Å². The van der Waals surface area contributed by atoms with Crippen molar-refractivity contribution >= 4 is 11.6 Å². The maximum atomic E-state index is 12.6. The summed E-state index contributed by atoms with van der Waals surface area (Å²) < 4.78 is 0. The first-order chi connectivity index (χ1) is 8.86. The van der Waals surface area contributed by atoms with E-state index in [1.54, 1.807) is 0 Å². The molecule has 0 radical (unpaired) electrons. The highest BCUT2D eigenvalue weighted by Crippen LogP contribution is 2.18. The Morgan fingerprint density at radius 3 is 2.32 bits per heavy atom. The van der Waals surface area contributed by atoms with E-state index in [2.05, 4.69) is 33.0 Å². The summed E-state index contributed by atoms with van der Waals surface area (Å²) in [5.41, 5.74) is 2.93.